The summed E-state index contributed by atoms with van der Waals surface area (Å²) in [4.78, 5) is 45.2. The summed E-state index contributed by atoms with van der Waals surface area (Å²) in [6.07, 6.45) is 0.186. The minimum absolute atomic E-state index is 0.186. The molecule has 0 amide bonds. The summed E-state index contributed by atoms with van der Waals surface area (Å²) in [5.74, 6) is -5.63. The summed E-state index contributed by atoms with van der Waals surface area (Å²) < 4.78 is 0. The Kier molecular flexibility index (Phi) is 3.53. The van der Waals surface area contributed by atoms with Crippen molar-refractivity contribution in [2.24, 2.45) is 0 Å². The second-order valence-electron chi connectivity index (χ2n) is 5.51. The van der Waals surface area contributed by atoms with Gasteiger partial charge in [-0.25, -0.2) is 19.2 Å². The van der Waals surface area contributed by atoms with Gasteiger partial charge in [-0.3, -0.25) is 0 Å². The number of aromatic carboxylic acids is 4. The van der Waals surface area contributed by atoms with Crippen molar-refractivity contribution < 1.29 is 39.6 Å². The number of rotatable bonds is 4. The lowest BCUT2D eigenvalue weighted by molar-refractivity contribution is 0.0651. The fraction of sp³-hybridized carbons (Fsp3) is 0.0588. The largest absolute Gasteiger partial charge is 0.478 e. The highest BCUT2D eigenvalue weighted by molar-refractivity contribution is 6.06. The third kappa shape index (κ3) is 2.49. The van der Waals surface area contributed by atoms with E-state index in [1.54, 1.807) is 0 Å². The fourth-order valence-electron chi connectivity index (χ4n) is 3.00. The number of hydrogen-bond donors (Lipinski definition) is 4. The molecule has 3 rings (SSSR count). The SMILES string of the molecule is O=C(O)c1cc2c(cc1C(=O)O)-c1cc(C(=O)O)c(C(=O)O)cc1C2. The summed E-state index contributed by atoms with van der Waals surface area (Å²) >= 11 is 0. The summed E-state index contributed by atoms with van der Waals surface area (Å²) in [5.41, 5.74) is 0.171. The molecule has 1 aliphatic carbocycles. The van der Waals surface area contributed by atoms with Crippen LogP contribution in [0.3, 0.4) is 0 Å². The van der Waals surface area contributed by atoms with E-state index in [0.29, 0.717) is 22.3 Å². The predicted molar refractivity (Wildman–Crippen MR) is 82.5 cm³/mol. The Morgan fingerprint density at radius 3 is 1.12 bits per heavy atom. The molecule has 0 heterocycles. The molecule has 0 saturated carbocycles. The van der Waals surface area contributed by atoms with Crippen molar-refractivity contribution in [3.63, 3.8) is 0 Å². The molecule has 0 spiro atoms. The Morgan fingerprint density at radius 2 is 0.840 bits per heavy atom. The Balaban J connectivity index is 2.28. The lowest BCUT2D eigenvalue weighted by Crippen LogP contribution is -2.09. The van der Waals surface area contributed by atoms with E-state index in [9.17, 15) is 39.6 Å². The van der Waals surface area contributed by atoms with Crippen LogP contribution in [0.2, 0.25) is 0 Å². The first-order valence-corrected chi connectivity index (χ1v) is 6.98. The van der Waals surface area contributed by atoms with Gasteiger partial charge in [0.25, 0.3) is 0 Å². The molecule has 8 nitrogen and oxygen atoms in total. The van der Waals surface area contributed by atoms with Gasteiger partial charge in [0.15, 0.2) is 0 Å². The van der Waals surface area contributed by atoms with Crippen LogP contribution in [0.1, 0.15) is 52.6 Å². The van der Waals surface area contributed by atoms with E-state index in [2.05, 4.69) is 0 Å². The molecule has 2 aromatic rings. The van der Waals surface area contributed by atoms with E-state index in [-0.39, 0.29) is 17.5 Å². The quantitative estimate of drug-likeness (QED) is 0.563. The molecule has 25 heavy (non-hydrogen) atoms. The highest BCUT2D eigenvalue weighted by Gasteiger charge is 2.28. The van der Waals surface area contributed by atoms with Crippen LogP contribution in [0.25, 0.3) is 11.1 Å². The maximum Gasteiger partial charge on any atom is 0.336 e. The molecule has 126 valence electrons. The van der Waals surface area contributed by atoms with Crippen molar-refractivity contribution in [3.8, 4) is 11.1 Å². The van der Waals surface area contributed by atoms with E-state index in [4.69, 9.17) is 0 Å². The van der Waals surface area contributed by atoms with Gasteiger partial charge in [-0.1, -0.05) is 0 Å². The Labute approximate surface area is 139 Å². The first-order chi connectivity index (χ1) is 11.7. The van der Waals surface area contributed by atoms with Crippen molar-refractivity contribution in [3.05, 3.63) is 57.6 Å². The minimum Gasteiger partial charge on any atom is -0.478 e. The van der Waals surface area contributed by atoms with Crippen LogP contribution in [-0.2, 0) is 6.42 Å². The highest BCUT2D eigenvalue weighted by Crippen LogP contribution is 2.40. The molecular formula is C17H10O8. The van der Waals surface area contributed by atoms with E-state index < -0.39 is 35.0 Å². The van der Waals surface area contributed by atoms with Crippen LogP contribution in [0.5, 0.6) is 0 Å². The van der Waals surface area contributed by atoms with Gasteiger partial charge < -0.3 is 20.4 Å². The summed E-state index contributed by atoms with van der Waals surface area (Å²) in [7, 11) is 0. The monoisotopic (exact) mass is 342 g/mol. The summed E-state index contributed by atoms with van der Waals surface area (Å²) in [6, 6.07) is 4.81. The first kappa shape index (κ1) is 16.2. The third-order valence-electron chi connectivity index (χ3n) is 4.08. The minimum atomic E-state index is -1.42. The van der Waals surface area contributed by atoms with Gasteiger partial charge in [0.05, 0.1) is 22.3 Å². The average molecular weight is 342 g/mol. The van der Waals surface area contributed by atoms with E-state index in [1.807, 2.05) is 0 Å². The van der Waals surface area contributed by atoms with Crippen LogP contribution in [0, 0.1) is 0 Å². The Hall–Kier alpha value is -3.68. The normalized spacial score (nSPS) is 11.5. The maximum atomic E-state index is 11.3. The van der Waals surface area contributed by atoms with Gasteiger partial charge in [-0.15, -0.1) is 0 Å². The molecule has 0 aliphatic heterocycles. The van der Waals surface area contributed by atoms with E-state index >= 15 is 0 Å². The maximum absolute atomic E-state index is 11.3. The molecule has 1 aliphatic rings. The zero-order valence-corrected chi connectivity index (χ0v) is 12.4. The van der Waals surface area contributed by atoms with Crippen molar-refractivity contribution in [1.29, 1.82) is 0 Å². The van der Waals surface area contributed by atoms with Gasteiger partial charge in [0.1, 0.15) is 0 Å². The molecule has 0 unspecified atom stereocenters. The Morgan fingerprint density at radius 1 is 0.560 bits per heavy atom. The number of benzene rings is 2. The molecule has 0 atom stereocenters. The number of carbonyl (C=O) groups is 4. The molecule has 8 heteroatoms. The standard InChI is InChI=1S/C17H10O8/c18-14(19)10-2-6-1-7-3-11(15(20)21)13(17(24)25)5-9(7)8(6)4-12(10)16(22)23/h2-5H,1H2,(H,18,19)(H,20,21)(H,22,23)(H,24,25). The summed E-state index contributed by atoms with van der Waals surface area (Å²) in [6.45, 7) is 0. The molecule has 0 bridgehead atoms. The van der Waals surface area contributed by atoms with E-state index in [1.165, 1.54) is 24.3 Å². The lowest BCUT2D eigenvalue weighted by Gasteiger charge is -2.08. The topological polar surface area (TPSA) is 149 Å². The molecule has 0 fully saturated rings. The van der Waals surface area contributed by atoms with Crippen molar-refractivity contribution >= 4 is 23.9 Å². The van der Waals surface area contributed by atoms with E-state index in [0.717, 1.165) is 0 Å². The van der Waals surface area contributed by atoms with Gasteiger partial charge in [0.2, 0.25) is 0 Å². The van der Waals surface area contributed by atoms with Crippen molar-refractivity contribution in [1.82, 2.24) is 0 Å². The molecule has 0 saturated heterocycles. The van der Waals surface area contributed by atoms with Crippen LogP contribution in [-0.4, -0.2) is 44.3 Å². The van der Waals surface area contributed by atoms with Crippen LogP contribution in [0.15, 0.2) is 24.3 Å². The highest BCUT2D eigenvalue weighted by atomic mass is 16.4. The first-order valence-electron chi connectivity index (χ1n) is 6.98. The summed E-state index contributed by atoms with van der Waals surface area (Å²) in [5, 5.41) is 36.8. The van der Waals surface area contributed by atoms with Crippen LogP contribution in [0.4, 0.5) is 0 Å². The smallest absolute Gasteiger partial charge is 0.336 e. The second kappa shape index (κ2) is 5.45. The fourth-order valence-corrected chi connectivity index (χ4v) is 3.00. The van der Waals surface area contributed by atoms with Gasteiger partial charge in [0, 0.05) is 0 Å². The zero-order chi connectivity index (χ0) is 18.5. The lowest BCUT2D eigenvalue weighted by atomic mass is 9.96. The molecular weight excluding hydrogens is 332 g/mol. The van der Waals surface area contributed by atoms with Crippen LogP contribution >= 0.6 is 0 Å². The predicted octanol–water partition coefficient (Wildman–Crippen LogP) is 2.05. The van der Waals surface area contributed by atoms with Gasteiger partial charge in [-0.2, -0.15) is 0 Å². The molecule has 4 N–H and O–H groups in total. The van der Waals surface area contributed by atoms with Crippen molar-refractivity contribution in [2.75, 3.05) is 0 Å². The number of carboxylic acid groups (broad SMARTS) is 4. The van der Waals surface area contributed by atoms with Crippen LogP contribution < -0.4 is 0 Å². The third-order valence-corrected chi connectivity index (χ3v) is 4.08. The second-order valence-corrected chi connectivity index (χ2v) is 5.51. The van der Waals surface area contributed by atoms with Gasteiger partial charge >= 0.3 is 23.9 Å². The van der Waals surface area contributed by atoms with Crippen molar-refractivity contribution in [2.45, 2.75) is 6.42 Å². The number of hydrogen-bond acceptors (Lipinski definition) is 4. The zero-order valence-electron chi connectivity index (χ0n) is 12.4. The van der Waals surface area contributed by atoms with Gasteiger partial charge in [-0.05, 0) is 52.9 Å². The molecule has 0 radical (unpaired) electrons. The molecule has 0 aromatic heterocycles. The average Bonchev–Trinajstić information content (AvgIpc) is 2.88. The molecule has 2 aromatic carbocycles. The number of fused-ring (bicyclic) bond motifs is 3. The number of carboxylic acids is 4. The Bertz CT molecular complexity index is 907.